The van der Waals surface area contributed by atoms with Crippen LogP contribution in [-0.4, -0.2) is 20.1 Å². The molecule has 4 heteroatoms. The van der Waals surface area contributed by atoms with Gasteiger partial charge in [-0.25, -0.2) is 0 Å². The van der Waals surface area contributed by atoms with Crippen LogP contribution in [0.25, 0.3) is 11.0 Å². The number of fused-ring (bicyclic) bond motifs is 1. The predicted molar refractivity (Wildman–Crippen MR) is 69.3 cm³/mol. The molecule has 0 radical (unpaired) electrons. The smallest absolute Gasteiger partial charge is 0.118 e. The van der Waals surface area contributed by atoms with Gasteiger partial charge in [0.15, 0.2) is 0 Å². The van der Waals surface area contributed by atoms with Gasteiger partial charge in [-0.1, -0.05) is 30.3 Å². The molecule has 0 saturated heterocycles. The van der Waals surface area contributed by atoms with E-state index in [-0.39, 0.29) is 0 Å². The van der Waals surface area contributed by atoms with E-state index in [0.717, 1.165) is 16.6 Å². The maximum atomic E-state index is 9.68. The van der Waals surface area contributed by atoms with Crippen molar-refractivity contribution in [2.45, 2.75) is 13.0 Å². The normalized spacial score (nSPS) is 10.9. The molecule has 0 bridgehead atoms. The molecule has 0 unspecified atom stereocenters. The average Bonchev–Trinajstić information content (AvgIpc) is 2.80. The molecule has 0 amide bonds. The lowest BCUT2D eigenvalue weighted by molar-refractivity contribution is 0.461. The number of phenols is 1. The zero-order valence-corrected chi connectivity index (χ0v) is 9.82. The van der Waals surface area contributed by atoms with Crippen LogP contribution in [0.3, 0.4) is 0 Å². The number of nitrogens with zero attached hydrogens (tertiary/aromatic N) is 3. The molecule has 2 aromatic carbocycles. The summed E-state index contributed by atoms with van der Waals surface area (Å²) >= 11 is 0. The summed E-state index contributed by atoms with van der Waals surface area (Å²) in [7, 11) is 0. The van der Waals surface area contributed by atoms with Crippen LogP contribution >= 0.6 is 0 Å². The van der Waals surface area contributed by atoms with E-state index < -0.39 is 0 Å². The van der Waals surface area contributed by atoms with Crippen LogP contribution in [0.15, 0.2) is 48.5 Å². The minimum atomic E-state index is 0.328. The van der Waals surface area contributed by atoms with E-state index >= 15 is 0 Å². The Morgan fingerprint density at radius 1 is 0.889 bits per heavy atom. The van der Waals surface area contributed by atoms with Gasteiger partial charge in [0.2, 0.25) is 0 Å². The molecule has 4 nitrogen and oxygen atoms in total. The number of hydrogen-bond donors (Lipinski definition) is 1. The van der Waals surface area contributed by atoms with Gasteiger partial charge in [0, 0.05) is 0 Å². The van der Waals surface area contributed by atoms with Gasteiger partial charge in [-0.2, -0.15) is 15.0 Å². The van der Waals surface area contributed by atoms with E-state index in [2.05, 4.69) is 10.2 Å². The Balaban J connectivity index is 1.79. The highest BCUT2D eigenvalue weighted by atomic mass is 16.3. The van der Waals surface area contributed by atoms with Crippen LogP contribution in [0.2, 0.25) is 0 Å². The van der Waals surface area contributed by atoms with Crippen LogP contribution in [0.5, 0.6) is 5.75 Å². The second-order valence-electron chi connectivity index (χ2n) is 4.16. The molecule has 0 aliphatic heterocycles. The second kappa shape index (κ2) is 4.49. The number of para-hydroxylation sites is 1. The second-order valence-corrected chi connectivity index (χ2v) is 4.16. The van der Waals surface area contributed by atoms with E-state index in [9.17, 15) is 5.11 Å². The summed E-state index contributed by atoms with van der Waals surface area (Å²) < 4.78 is 0. The summed E-state index contributed by atoms with van der Waals surface area (Å²) in [6, 6.07) is 15.1. The van der Waals surface area contributed by atoms with Crippen molar-refractivity contribution < 1.29 is 5.11 Å². The first-order valence-electron chi connectivity index (χ1n) is 5.90. The van der Waals surface area contributed by atoms with Crippen molar-refractivity contribution in [2.75, 3.05) is 0 Å². The lowest BCUT2D eigenvalue weighted by Gasteiger charge is -2.03. The molecule has 1 N–H and O–H groups in total. The summed E-state index contributed by atoms with van der Waals surface area (Å²) in [5.74, 6) is 0.328. The zero-order valence-electron chi connectivity index (χ0n) is 9.82. The Kier molecular flexibility index (Phi) is 2.68. The molecule has 0 saturated carbocycles. The zero-order chi connectivity index (χ0) is 12.4. The molecule has 18 heavy (non-hydrogen) atoms. The number of aromatic nitrogens is 3. The maximum absolute atomic E-state index is 9.68. The van der Waals surface area contributed by atoms with Gasteiger partial charge in [-0.3, -0.25) is 0 Å². The fraction of sp³-hybridized carbons (Fsp3) is 0.143. The average molecular weight is 239 g/mol. The Hall–Kier alpha value is -2.36. The van der Waals surface area contributed by atoms with Crippen LogP contribution < -0.4 is 0 Å². The molecule has 3 rings (SSSR count). The molecule has 3 aromatic rings. The summed E-state index contributed by atoms with van der Waals surface area (Å²) in [5, 5.41) is 18.4. The molecule has 90 valence electrons. The predicted octanol–water partition coefficient (Wildman–Crippen LogP) is 2.38. The quantitative estimate of drug-likeness (QED) is 0.763. The Labute approximate surface area is 104 Å². The summed E-state index contributed by atoms with van der Waals surface area (Å²) in [6.07, 6.45) is 0.716. The SMILES string of the molecule is Oc1ccccc1CCn1nc2ccccc2n1. The van der Waals surface area contributed by atoms with E-state index in [1.54, 1.807) is 10.9 Å². The van der Waals surface area contributed by atoms with Crippen molar-refractivity contribution in [3.63, 3.8) is 0 Å². The maximum Gasteiger partial charge on any atom is 0.118 e. The summed E-state index contributed by atoms with van der Waals surface area (Å²) in [5.41, 5.74) is 2.71. The lowest BCUT2D eigenvalue weighted by Crippen LogP contribution is -2.05. The Morgan fingerprint density at radius 3 is 2.17 bits per heavy atom. The van der Waals surface area contributed by atoms with Crippen LogP contribution in [0.1, 0.15) is 5.56 Å². The number of benzene rings is 2. The van der Waals surface area contributed by atoms with E-state index in [1.807, 2.05) is 42.5 Å². The number of hydrogen-bond acceptors (Lipinski definition) is 3. The van der Waals surface area contributed by atoms with Crippen molar-refractivity contribution in [1.29, 1.82) is 0 Å². The van der Waals surface area contributed by atoms with Gasteiger partial charge in [-0.05, 0) is 30.2 Å². The fourth-order valence-electron chi connectivity index (χ4n) is 1.95. The van der Waals surface area contributed by atoms with E-state index in [4.69, 9.17) is 0 Å². The van der Waals surface area contributed by atoms with Crippen molar-refractivity contribution in [2.24, 2.45) is 0 Å². The molecular weight excluding hydrogens is 226 g/mol. The topological polar surface area (TPSA) is 50.9 Å². The summed E-state index contributed by atoms with van der Waals surface area (Å²) in [6.45, 7) is 0.659. The van der Waals surface area contributed by atoms with Crippen LogP contribution in [0, 0.1) is 0 Å². The fourth-order valence-corrected chi connectivity index (χ4v) is 1.95. The molecule has 0 aliphatic carbocycles. The van der Waals surface area contributed by atoms with Crippen LogP contribution in [-0.2, 0) is 13.0 Å². The number of rotatable bonds is 3. The first-order chi connectivity index (χ1) is 8.83. The standard InChI is InChI=1S/C14H13N3O/c18-14-8-4-1-5-11(14)9-10-17-15-12-6-2-3-7-13(12)16-17/h1-8,18H,9-10H2. The van der Waals surface area contributed by atoms with Crippen molar-refractivity contribution in [3.8, 4) is 5.75 Å². The highest BCUT2D eigenvalue weighted by Gasteiger charge is 2.03. The third-order valence-corrected chi connectivity index (χ3v) is 2.90. The van der Waals surface area contributed by atoms with Gasteiger partial charge in [0.1, 0.15) is 16.8 Å². The van der Waals surface area contributed by atoms with E-state index in [1.165, 1.54) is 0 Å². The highest BCUT2D eigenvalue weighted by molar-refractivity contribution is 5.72. The van der Waals surface area contributed by atoms with Gasteiger partial charge < -0.3 is 5.11 Å². The number of aryl methyl sites for hydroxylation is 2. The molecule has 0 fully saturated rings. The molecular formula is C14H13N3O. The lowest BCUT2D eigenvalue weighted by atomic mass is 10.1. The third kappa shape index (κ3) is 2.05. The van der Waals surface area contributed by atoms with Crippen LogP contribution in [0.4, 0.5) is 0 Å². The monoisotopic (exact) mass is 239 g/mol. The van der Waals surface area contributed by atoms with Gasteiger partial charge in [-0.15, -0.1) is 0 Å². The minimum absolute atomic E-state index is 0.328. The Bertz CT molecular complexity index is 642. The number of aromatic hydroxyl groups is 1. The largest absolute Gasteiger partial charge is 0.508 e. The first-order valence-corrected chi connectivity index (χ1v) is 5.90. The minimum Gasteiger partial charge on any atom is -0.508 e. The molecule has 0 atom stereocenters. The van der Waals surface area contributed by atoms with Crippen molar-refractivity contribution in [3.05, 3.63) is 54.1 Å². The molecule has 1 heterocycles. The van der Waals surface area contributed by atoms with Crippen molar-refractivity contribution >= 4 is 11.0 Å². The number of phenolic OH excluding ortho intramolecular Hbond substituents is 1. The Morgan fingerprint density at radius 2 is 1.50 bits per heavy atom. The van der Waals surface area contributed by atoms with E-state index in [0.29, 0.717) is 18.7 Å². The highest BCUT2D eigenvalue weighted by Crippen LogP contribution is 2.16. The van der Waals surface area contributed by atoms with Gasteiger partial charge >= 0.3 is 0 Å². The molecule has 0 spiro atoms. The first kappa shape index (κ1) is 10.8. The molecule has 1 aromatic heterocycles. The summed E-state index contributed by atoms with van der Waals surface area (Å²) in [4.78, 5) is 1.68. The van der Waals surface area contributed by atoms with Gasteiger partial charge in [0.25, 0.3) is 0 Å². The van der Waals surface area contributed by atoms with Gasteiger partial charge in [0.05, 0.1) is 6.54 Å². The van der Waals surface area contributed by atoms with Crippen molar-refractivity contribution in [1.82, 2.24) is 15.0 Å². The molecule has 0 aliphatic rings. The third-order valence-electron chi connectivity index (χ3n) is 2.90.